The Bertz CT molecular complexity index is 777. The molecule has 2 rings (SSSR count). The summed E-state index contributed by atoms with van der Waals surface area (Å²) in [4.78, 5) is 22.1. The summed E-state index contributed by atoms with van der Waals surface area (Å²) in [5.74, 6) is -2.88. The average molecular weight is 335 g/mol. The molecule has 2 aromatic carbocycles. The zero-order valence-corrected chi connectivity index (χ0v) is 12.4. The number of primary amides is 1. The van der Waals surface area contributed by atoms with E-state index in [0.717, 1.165) is 6.07 Å². The third kappa shape index (κ3) is 4.20. The highest BCUT2D eigenvalue weighted by Crippen LogP contribution is 2.29. The minimum absolute atomic E-state index is 0.0218. The van der Waals surface area contributed by atoms with Gasteiger partial charge >= 0.3 is 5.97 Å². The molecule has 0 atom stereocenters. The molecule has 0 unspecified atom stereocenters. The van der Waals surface area contributed by atoms with Crippen LogP contribution in [0.3, 0.4) is 0 Å². The molecule has 0 saturated heterocycles. The molecule has 0 bridgehead atoms. The van der Waals surface area contributed by atoms with Crippen molar-refractivity contribution in [1.29, 1.82) is 0 Å². The number of hydrogen-bond acceptors (Lipinski definition) is 5. The van der Waals surface area contributed by atoms with Gasteiger partial charge in [-0.15, -0.1) is 0 Å². The fourth-order valence-electron chi connectivity index (χ4n) is 1.86. The van der Waals surface area contributed by atoms with Crippen LogP contribution in [0.25, 0.3) is 0 Å². The van der Waals surface area contributed by atoms with E-state index in [4.69, 9.17) is 25.4 Å². The number of amides is 1. The number of aliphatic hydroxyl groups is 1. The average Bonchev–Trinajstić information content (AvgIpc) is 2.54. The largest absolute Gasteiger partial charge is 0.491 e. The van der Waals surface area contributed by atoms with Gasteiger partial charge in [-0.2, -0.15) is 0 Å². The number of halogens is 1. The van der Waals surface area contributed by atoms with E-state index in [0.29, 0.717) is 0 Å². The fraction of sp³-hybridized carbons (Fsp3) is 0.125. The van der Waals surface area contributed by atoms with Gasteiger partial charge in [-0.1, -0.05) is 0 Å². The second-order valence-electron chi connectivity index (χ2n) is 4.68. The molecule has 0 saturated carbocycles. The van der Waals surface area contributed by atoms with Gasteiger partial charge < -0.3 is 25.4 Å². The van der Waals surface area contributed by atoms with Gasteiger partial charge in [-0.25, -0.2) is 9.18 Å². The Morgan fingerprint density at radius 2 is 1.79 bits per heavy atom. The van der Waals surface area contributed by atoms with E-state index in [-0.39, 0.29) is 41.6 Å². The maximum absolute atomic E-state index is 13.9. The van der Waals surface area contributed by atoms with Gasteiger partial charge in [0.15, 0.2) is 11.6 Å². The first-order valence-electron chi connectivity index (χ1n) is 6.80. The first kappa shape index (κ1) is 17.2. The number of hydrogen-bond donors (Lipinski definition) is 3. The molecule has 24 heavy (non-hydrogen) atoms. The predicted molar refractivity (Wildman–Crippen MR) is 81.0 cm³/mol. The van der Waals surface area contributed by atoms with Crippen LogP contribution in [0, 0.1) is 5.82 Å². The van der Waals surface area contributed by atoms with Crippen LogP contribution in [-0.4, -0.2) is 35.3 Å². The van der Waals surface area contributed by atoms with Gasteiger partial charge in [0.1, 0.15) is 18.1 Å². The summed E-state index contributed by atoms with van der Waals surface area (Å²) in [5.41, 5.74) is 4.90. The quantitative estimate of drug-likeness (QED) is 0.710. The zero-order valence-electron chi connectivity index (χ0n) is 12.4. The number of ether oxygens (including phenoxy) is 2. The van der Waals surface area contributed by atoms with Crippen LogP contribution < -0.4 is 15.2 Å². The summed E-state index contributed by atoms with van der Waals surface area (Å²) >= 11 is 0. The second kappa shape index (κ2) is 7.42. The third-order valence-corrected chi connectivity index (χ3v) is 2.93. The Balaban J connectivity index is 2.32. The van der Waals surface area contributed by atoms with E-state index in [2.05, 4.69) is 0 Å². The monoisotopic (exact) mass is 335 g/mol. The number of carbonyl (C=O) groups excluding carboxylic acids is 1. The van der Waals surface area contributed by atoms with Gasteiger partial charge in [0.2, 0.25) is 5.91 Å². The maximum Gasteiger partial charge on any atom is 0.335 e. The normalized spacial score (nSPS) is 10.2. The lowest BCUT2D eigenvalue weighted by Crippen LogP contribution is -2.11. The molecular formula is C16H14FNO6. The topological polar surface area (TPSA) is 119 Å². The van der Waals surface area contributed by atoms with Crippen LogP contribution >= 0.6 is 0 Å². The van der Waals surface area contributed by atoms with Crippen molar-refractivity contribution in [2.45, 2.75) is 0 Å². The summed E-state index contributed by atoms with van der Waals surface area (Å²) in [5, 5.41) is 17.8. The summed E-state index contributed by atoms with van der Waals surface area (Å²) in [6.07, 6.45) is 0. The van der Waals surface area contributed by atoms with E-state index in [9.17, 15) is 14.0 Å². The smallest absolute Gasteiger partial charge is 0.335 e. The molecule has 2 aromatic rings. The number of carboxylic acid groups (broad SMARTS) is 1. The second-order valence-corrected chi connectivity index (χ2v) is 4.68. The molecule has 1 amide bonds. The Hall–Kier alpha value is -3.13. The minimum Gasteiger partial charge on any atom is -0.491 e. The van der Waals surface area contributed by atoms with Gasteiger partial charge in [0.25, 0.3) is 0 Å². The number of carboxylic acids is 1. The molecule has 0 aliphatic rings. The lowest BCUT2D eigenvalue weighted by atomic mass is 10.2. The van der Waals surface area contributed by atoms with Gasteiger partial charge in [0.05, 0.1) is 12.2 Å². The van der Waals surface area contributed by atoms with E-state index in [1.54, 1.807) is 0 Å². The van der Waals surface area contributed by atoms with E-state index in [1.165, 1.54) is 30.3 Å². The van der Waals surface area contributed by atoms with Crippen molar-refractivity contribution in [3.05, 3.63) is 53.3 Å². The number of aromatic carboxylic acids is 1. The van der Waals surface area contributed by atoms with Crippen LogP contribution in [0.2, 0.25) is 0 Å². The maximum atomic E-state index is 13.9. The van der Waals surface area contributed by atoms with Crippen molar-refractivity contribution in [1.82, 2.24) is 0 Å². The van der Waals surface area contributed by atoms with Crippen molar-refractivity contribution >= 4 is 11.9 Å². The van der Waals surface area contributed by atoms with Crippen molar-refractivity contribution in [2.24, 2.45) is 5.73 Å². The van der Waals surface area contributed by atoms with Crippen LogP contribution in [0.15, 0.2) is 36.4 Å². The third-order valence-electron chi connectivity index (χ3n) is 2.93. The van der Waals surface area contributed by atoms with E-state index < -0.39 is 17.7 Å². The summed E-state index contributed by atoms with van der Waals surface area (Å²) in [7, 11) is 0. The molecule has 4 N–H and O–H groups in total. The Kier molecular flexibility index (Phi) is 5.33. The Labute approximate surface area is 136 Å². The highest BCUT2D eigenvalue weighted by atomic mass is 19.1. The van der Waals surface area contributed by atoms with Crippen LogP contribution in [0.1, 0.15) is 20.7 Å². The molecule has 0 aliphatic carbocycles. The Morgan fingerprint density at radius 3 is 2.38 bits per heavy atom. The minimum atomic E-state index is -1.22. The molecular weight excluding hydrogens is 321 g/mol. The number of carbonyl (C=O) groups is 2. The summed E-state index contributed by atoms with van der Waals surface area (Å²) in [6.45, 7) is -0.291. The summed E-state index contributed by atoms with van der Waals surface area (Å²) < 4.78 is 24.4. The van der Waals surface area contributed by atoms with Crippen molar-refractivity contribution in [3.8, 4) is 17.2 Å². The van der Waals surface area contributed by atoms with Gasteiger partial charge in [0, 0.05) is 11.6 Å². The van der Waals surface area contributed by atoms with Crippen molar-refractivity contribution in [2.75, 3.05) is 13.2 Å². The molecule has 0 heterocycles. The fourth-order valence-corrected chi connectivity index (χ4v) is 1.86. The molecule has 7 nitrogen and oxygen atoms in total. The molecule has 0 fully saturated rings. The van der Waals surface area contributed by atoms with Crippen LogP contribution in [0.5, 0.6) is 17.2 Å². The molecule has 126 valence electrons. The highest BCUT2D eigenvalue weighted by molar-refractivity contribution is 5.93. The van der Waals surface area contributed by atoms with Crippen LogP contribution in [-0.2, 0) is 0 Å². The molecule has 8 heteroatoms. The van der Waals surface area contributed by atoms with Crippen molar-refractivity contribution < 1.29 is 33.7 Å². The van der Waals surface area contributed by atoms with E-state index >= 15 is 0 Å². The zero-order chi connectivity index (χ0) is 17.7. The van der Waals surface area contributed by atoms with Crippen molar-refractivity contribution in [3.63, 3.8) is 0 Å². The number of nitrogens with two attached hydrogens (primary N) is 1. The van der Waals surface area contributed by atoms with E-state index in [1.807, 2.05) is 0 Å². The summed E-state index contributed by atoms with van der Waals surface area (Å²) in [6, 6.07) is 7.19. The van der Waals surface area contributed by atoms with Crippen LogP contribution in [0.4, 0.5) is 4.39 Å². The van der Waals surface area contributed by atoms with Gasteiger partial charge in [-0.05, 0) is 30.3 Å². The highest BCUT2D eigenvalue weighted by Gasteiger charge is 2.13. The Morgan fingerprint density at radius 1 is 1.08 bits per heavy atom. The SMILES string of the molecule is NC(=O)c1ccc(Oc2cc(OCCO)cc(C(=O)O)c2)c(F)c1. The number of rotatable bonds is 7. The predicted octanol–water partition coefficient (Wildman–Crippen LogP) is 1.79. The lowest BCUT2D eigenvalue weighted by molar-refractivity contribution is 0.0695. The lowest BCUT2D eigenvalue weighted by Gasteiger charge is -2.11. The number of aliphatic hydroxyl groups excluding tert-OH is 1. The number of benzene rings is 2. The first-order valence-corrected chi connectivity index (χ1v) is 6.80. The molecule has 0 aliphatic heterocycles. The standard InChI is InChI=1S/C16H14FNO6/c17-13-7-9(15(18)20)1-2-14(13)24-12-6-10(16(21)22)5-11(8-12)23-4-3-19/h1-2,5-8,19H,3-4H2,(H2,18,20)(H,21,22). The molecule has 0 aromatic heterocycles. The molecule has 0 spiro atoms. The first-order chi connectivity index (χ1) is 11.4. The van der Waals surface area contributed by atoms with Gasteiger partial charge in [-0.3, -0.25) is 4.79 Å². The molecule has 0 radical (unpaired) electrons.